The standard InChI is InChI=1S/C21H25N3O3.ClH/c1-21(12-5-14-24(21)19(25)16-6-3-2-4-7-16)20(26)23-17-8-10-18(11-9-17)27-15-13-22;/h2-4,6-11H,5,12-15,22H2,1H3,(H,23,26);1H. The first-order valence-electron chi connectivity index (χ1n) is 9.16. The molecule has 0 radical (unpaired) electrons. The molecule has 28 heavy (non-hydrogen) atoms. The second-order valence-corrected chi connectivity index (χ2v) is 6.82. The van der Waals surface area contributed by atoms with E-state index in [-0.39, 0.29) is 24.2 Å². The van der Waals surface area contributed by atoms with Crippen LogP contribution in [0.15, 0.2) is 54.6 Å². The van der Waals surface area contributed by atoms with E-state index in [4.69, 9.17) is 10.5 Å². The van der Waals surface area contributed by atoms with Crippen LogP contribution in [0.1, 0.15) is 30.1 Å². The van der Waals surface area contributed by atoms with E-state index in [1.807, 2.05) is 25.1 Å². The second-order valence-electron chi connectivity index (χ2n) is 6.82. The van der Waals surface area contributed by atoms with Gasteiger partial charge in [0.15, 0.2) is 0 Å². The summed E-state index contributed by atoms with van der Waals surface area (Å²) >= 11 is 0. The van der Waals surface area contributed by atoms with E-state index < -0.39 is 5.54 Å². The highest BCUT2D eigenvalue weighted by Crippen LogP contribution is 2.32. The summed E-state index contributed by atoms with van der Waals surface area (Å²) in [5, 5.41) is 2.93. The number of hydrogen-bond donors (Lipinski definition) is 2. The smallest absolute Gasteiger partial charge is 0.254 e. The van der Waals surface area contributed by atoms with E-state index in [1.165, 1.54) is 0 Å². The van der Waals surface area contributed by atoms with Crippen LogP contribution < -0.4 is 15.8 Å². The number of carbonyl (C=O) groups excluding carboxylic acids is 2. The van der Waals surface area contributed by atoms with E-state index in [0.29, 0.717) is 43.1 Å². The molecule has 150 valence electrons. The van der Waals surface area contributed by atoms with Crippen LogP contribution in [0.25, 0.3) is 0 Å². The quantitative estimate of drug-likeness (QED) is 0.776. The molecule has 1 heterocycles. The minimum Gasteiger partial charge on any atom is -0.492 e. The van der Waals surface area contributed by atoms with Crippen molar-refractivity contribution in [3.8, 4) is 5.75 Å². The highest BCUT2D eigenvalue weighted by Gasteiger charge is 2.45. The highest BCUT2D eigenvalue weighted by atomic mass is 35.5. The number of anilines is 1. The minimum atomic E-state index is -0.873. The molecule has 3 N–H and O–H groups in total. The molecule has 1 aliphatic rings. The minimum absolute atomic E-state index is 0. The molecule has 2 aromatic rings. The summed E-state index contributed by atoms with van der Waals surface area (Å²) in [5.74, 6) is 0.405. The molecule has 1 atom stereocenters. The fraction of sp³-hybridized carbons (Fsp3) is 0.333. The molecule has 0 aromatic heterocycles. The molecule has 1 fully saturated rings. The fourth-order valence-electron chi connectivity index (χ4n) is 3.34. The molecule has 3 rings (SSSR count). The lowest BCUT2D eigenvalue weighted by Crippen LogP contribution is -2.53. The predicted octanol–water partition coefficient (Wildman–Crippen LogP) is 3.08. The van der Waals surface area contributed by atoms with Gasteiger partial charge in [-0.1, -0.05) is 18.2 Å². The maximum absolute atomic E-state index is 13.0. The molecule has 6 nitrogen and oxygen atoms in total. The van der Waals surface area contributed by atoms with Crippen LogP contribution in [0.4, 0.5) is 5.69 Å². The van der Waals surface area contributed by atoms with Crippen molar-refractivity contribution in [2.75, 3.05) is 25.0 Å². The number of nitrogens with two attached hydrogens (primary N) is 1. The van der Waals surface area contributed by atoms with Crippen molar-refractivity contribution in [2.24, 2.45) is 5.73 Å². The van der Waals surface area contributed by atoms with E-state index in [1.54, 1.807) is 41.3 Å². The van der Waals surface area contributed by atoms with Gasteiger partial charge in [-0.3, -0.25) is 9.59 Å². The summed E-state index contributed by atoms with van der Waals surface area (Å²) in [6.45, 7) is 3.29. The summed E-state index contributed by atoms with van der Waals surface area (Å²) in [5.41, 5.74) is 5.81. The van der Waals surface area contributed by atoms with E-state index in [0.717, 1.165) is 6.42 Å². The first-order chi connectivity index (χ1) is 13.0. The lowest BCUT2D eigenvalue weighted by atomic mass is 9.96. The van der Waals surface area contributed by atoms with Crippen LogP contribution in [0, 0.1) is 0 Å². The Morgan fingerprint density at radius 3 is 2.46 bits per heavy atom. The Hall–Kier alpha value is -2.57. The normalized spacial score (nSPS) is 18.3. The van der Waals surface area contributed by atoms with Gasteiger partial charge in [0.05, 0.1) is 0 Å². The third-order valence-electron chi connectivity index (χ3n) is 4.89. The second kappa shape index (κ2) is 9.57. The Labute approximate surface area is 171 Å². The molecular weight excluding hydrogens is 378 g/mol. The first-order valence-corrected chi connectivity index (χ1v) is 9.16. The van der Waals surface area contributed by atoms with Crippen LogP contribution in [-0.4, -0.2) is 41.9 Å². The zero-order valence-electron chi connectivity index (χ0n) is 15.9. The number of nitrogens with one attached hydrogen (secondary N) is 1. The van der Waals surface area contributed by atoms with Crippen molar-refractivity contribution in [3.05, 3.63) is 60.2 Å². The van der Waals surface area contributed by atoms with Gasteiger partial charge in [-0.15, -0.1) is 12.4 Å². The molecule has 0 saturated carbocycles. The Kier molecular flexibility index (Phi) is 7.43. The Balaban J connectivity index is 0.00000280. The third kappa shape index (κ3) is 4.64. The van der Waals surface area contributed by atoms with Crippen molar-refractivity contribution < 1.29 is 14.3 Å². The molecule has 7 heteroatoms. The molecule has 1 aliphatic heterocycles. The molecule has 2 amide bonds. The van der Waals surface area contributed by atoms with Gasteiger partial charge in [0.1, 0.15) is 17.9 Å². The van der Waals surface area contributed by atoms with Gasteiger partial charge < -0.3 is 20.7 Å². The van der Waals surface area contributed by atoms with Crippen molar-refractivity contribution in [1.29, 1.82) is 0 Å². The Morgan fingerprint density at radius 2 is 1.82 bits per heavy atom. The summed E-state index contributed by atoms with van der Waals surface area (Å²) in [6.07, 6.45) is 1.43. The Morgan fingerprint density at radius 1 is 1.14 bits per heavy atom. The molecule has 1 unspecified atom stereocenters. The number of nitrogens with zero attached hydrogens (tertiary/aromatic N) is 1. The average Bonchev–Trinajstić information content (AvgIpc) is 3.10. The van der Waals surface area contributed by atoms with Crippen molar-refractivity contribution >= 4 is 29.9 Å². The van der Waals surface area contributed by atoms with Gasteiger partial charge in [0.2, 0.25) is 5.91 Å². The average molecular weight is 404 g/mol. The molecule has 1 saturated heterocycles. The monoisotopic (exact) mass is 403 g/mol. The van der Waals surface area contributed by atoms with Crippen molar-refractivity contribution in [3.63, 3.8) is 0 Å². The van der Waals surface area contributed by atoms with Gasteiger partial charge in [0.25, 0.3) is 5.91 Å². The maximum atomic E-state index is 13.0. The number of halogens is 1. The maximum Gasteiger partial charge on any atom is 0.254 e. The molecule has 2 aromatic carbocycles. The number of ether oxygens (including phenoxy) is 1. The molecule has 0 bridgehead atoms. The van der Waals surface area contributed by atoms with E-state index in [9.17, 15) is 9.59 Å². The van der Waals surface area contributed by atoms with Gasteiger partial charge in [-0.05, 0) is 56.2 Å². The zero-order chi connectivity index (χ0) is 19.3. The van der Waals surface area contributed by atoms with Gasteiger partial charge in [-0.2, -0.15) is 0 Å². The summed E-state index contributed by atoms with van der Waals surface area (Å²) in [6, 6.07) is 16.2. The van der Waals surface area contributed by atoms with Crippen molar-refractivity contribution in [2.45, 2.75) is 25.3 Å². The van der Waals surface area contributed by atoms with Crippen molar-refractivity contribution in [1.82, 2.24) is 4.90 Å². The lowest BCUT2D eigenvalue weighted by molar-refractivity contribution is -0.124. The first kappa shape index (κ1) is 21.7. The lowest BCUT2D eigenvalue weighted by Gasteiger charge is -2.34. The zero-order valence-corrected chi connectivity index (χ0v) is 16.7. The summed E-state index contributed by atoms with van der Waals surface area (Å²) < 4.78 is 5.44. The van der Waals surface area contributed by atoms with Crippen LogP contribution in [0.5, 0.6) is 5.75 Å². The van der Waals surface area contributed by atoms with E-state index in [2.05, 4.69) is 5.32 Å². The van der Waals surface area contributed by atoms with Gasteiger partial charge in [0, 0.05) is 24.3 Å². The highest BCUT2D eigenvalue weighted by molar-refractivity contribution is 6.03. The molecular formula is C21H26ClN3O3. The SMILES string of the molecule is CC1(C(=O)Nc2ccc(OCCN)cc2)CCCN1C(=O)c1ccccc1.Cl. The van der Waals surface area contributed by atoms with Crippen LogP contribution >= 0.6 is 12.4 Å². The number of rotatable bonds is 6. The van der Waals surface area contributed by atoms with E-state index >= 15 is 0 Å². The number of hydrogen-bond acceptors (Lipinski definition) is 4. The topological polar surface area (TPSA) is 84.7 Å². The summed E-state index contributed by atoms with van der Waals surface area (Å²) in [7, 11) is 0. The number of likely N-dealkylation sites (tertiary alicyclic amines) is 1. The molecule has 0 aliphatic carbocycles. The molecule has 0 spiro atoms. The van der Waals surface area contributed by atoms with Crippen LogP contribution in [0.2, 0.25) is 0 Å². The number of amides is 2. The third-order valence-corrected chi connectivity index (χ3v) is 4.89. The fourth-order valence-corrected chi connectivity index (χ4v) is 3.34. The predicted molar refractivity (Wildman–Crippen MR) is 112 cm³/mol. The Bertz CT molecular complexity index is 798. The number of carbonyl (C=O) groups is 2. The van der Waals surface area contributed by atoms with Gasteiger partial charge >= 0.3 is 0 Å². The number of benzene rings is 2. The van der Waals surface area contributed by atoms with Gasteiger partial charge in [-0.25, -0.2) is 0 Å². The summed E-state index contributed by atoms with van der Waals surface area (Å²) in [4.78, 5) is 27.5. The largest absolute Gasteiger partial charge is 0.492 e. The van der Waals surface area contributed by atoms with Crippen LogP contribution in [-0.2, 0) is 4.79 Å². The van der Waals surface area contributed by atoms with Crippen LogP contribution in [0.3, 0.4) is 0 Å².